The zero-order valence-corrected chi connectivity index (χ0v) is 21.1. The van der Waals surface area contributed by atoms with Crippen LogP contribution in [0, 0.1) is 11.8 Å². The lowest BCUT2D eigenvalue weighted by molar-refractivity contribution is 0.587. The summed E-state index contributed by atoms with van der Waals surface area (Å²) in [5.74, 6) is 0.0315. The Morgan fingerprint density at radius 1 is 0.429 bits per heavy atom. The molecule has 2 aliphatic carbocycles. The van der Waals surface area contributed by atoms with E-state index in [4.69, 9.17) is 0 Å². The van der Waals surface area contributed by atoms with Gasteiger partial charge in [-0.15, -0.1) is 0 Å². The third-order valence-corrected chi connectivity index (χ3v) is 13.7. The van der Waals surface area contributed by atoms with Crippen molar-refractivity contribution >= 4 is 35.5 Å². The molecule has 0 amide bonds. The lowest BCUT2D eigenvalue weighted by Gasteiger charge is -2.28. The molecule has 35 heavy (non-hydrogen) atoms. The minimum absolute atomic E-state index is 0.0157. The van der Waals surface area contributed by atoms with Gasteiger partial charge < -0.3 is 9.13 Å². The van der Waals surface area contributed by atoms with Crippen molar-refractivity contribution in [2.45, 2.75) is 6.42 Å². The van der Waals surface area contributed by atoms with Crippen LogP contribution in [0.25, 0.3) is 0 Å². The summed E-state index contributed by atoms with van der Waals surface area (Å²) in [7, 11) is -6.02. The van der Waals surface area contributed by atoms with Gasteiger partial charge in [0.25, 0.3) is 0 Å². The molecule has 0 heterocycles. The van der Waals surface area contributed by atoms with E-state index >= 15 is 0 Å². The Morgan fingerprint density at radius 3 is 0.914 bits per heavy atom. The van der Waals surface area contributed by atoms with Gasteiger partial charge in [-0.1, -0.05) is 133 Å². The SMILES string of the molecule is O=P(C1=C[C@H]2C[C@@H]1C=C2P(=O)(c1ccccc1)c1ccccc1)(c1ccccc1)c1ccccc1. The first-order valence-corrected chi connectivity index (χ1v) is 15.4. The highest BCUT2D eigenvalue weighted by Gasteiger charge is 2.48. The van der Waals surface area contributed by atoms with Crippen molar-refractivity contribution < 1.29 is 9.13 Å². The highest BCUT2D eigenvalue weighted by Crippen LogP contribution is 2.67. The molecule has 0 aliphatic heterocycles. The second kappa shape index (κ2) is 8.80. The maximum atomic E-state index is 14.9. The summed E-state index contributed by atoms with van der Waals surface area (Å²) in [5.41, 5.74) is 0. The van der Waals surface area contributed by atoms with Crippen molar-refractivity contribution in [1.29, 1.82) is 0 Å². The Balaban J connectivity index is 1.48. The molecule has 0 unspecified atom stereocenters. The zero-order chi connectivity index (χ0) is 23.9. The van der Waals surface area contributed by atoms with Gasteiger partial charge in [0.05, 0.1) is 0 Å². The smallest absolute Gasteiger partial charge is 0.167 e. The van der Waals surface area contributed by atoms with Gasteiger partial charge in [-0.25, -0.2) is 0 Å². The number of allylic oxidation sites excluding steroid dienone is 4. The molecule has 4 aromatic carbocycles. The summed E-state index contributed by atoms with van der Waals surface area (Å²) in [5, 5.41) is 5.39. The fraction of sp³-hybridized carbons (Fsp3) is 0.0968. The zero-order valence-electron chi connectivity index (χ0n) is 19.3. The number of hydrogen-bond donors (Lipinski definition) is 0. The Hall–Kier alpha value is -3.18. The fourth-order valence-electron chi connectivity index (χ4n) is 5.60. The molecule has 172 valence electrons. The second-order valence-electron chi connectivity index (χ2n) is 9.19. The predicted molar refractivity (Wildman–Crippen MR) is 147 cm³/mol. The molecule has 0 N–H and O–H groups in total. The Labute approximate surface area is 206 Å². The molecule has 0 fully saturated rings. The molecule has 0 radical (unpaired) electrons. The van der Waals surface area contributed by atoms with Crippen molar-refractivity contribution in [3.8, 4) is 0 Å². The lowest BCUT2D eigenvalue weighted by atomic mass is 10.2. The van der Waals surface area contributed by atoms with Crippen molar-refractivity contribution in [3.05, 3.63) is 144 Å². The molecule has 0 spiro atoms. The van der Waals surface area contributed by atoms with E-state index in [-0.39, 0.29) is 11.8 Å². The largest absolute Gasteiger partial charge is 0.309 e. The predicted octanol–water partition coefficient (Wildman–Crippen LogP) is 6.43. The summed E-state index contributed by atoms with van der Waals surface area (Å²) >= 11 is 0. The molecule has 4 heteroatoms. The molecular weight excluding hydrogens is 466 g/mol. The summed E-state index contributed by atoms with van der Waals surface area (Å²) in [4.78, 5) is 0. The highest BCUT2D eigenvalue weighted by molar-refractivity contribution is 7.83. The first-order chi connectivity index (χ1) is 17.1. The number of hydrogen-bond acceptors (Lipinski definition) is 2. The summed E-state index contributed by atoms with van der Waals surface area (Å²) in [6, 6.07) is 39.3. The van der Waals surface area contributed by atoms with Crippen molar-refractivity contribution in [1.82, 2.24) is 0 Å². The molecule has 2 bridgehead atoms. The van der Waals surface area contributed by atoms with Crippen molar-refractivity contribution in [3.63, 3.8) is 0 Å². The fourth-order valence-corrected chi connectivity index (χ4v) is 11.8. The van der Waals surface area contributed by atoms with E-state index in [2.05, 4.69) is 12.2 Å². The van der Waals surface area contributed by atoms with Gasteiger partial charge in [0, 0.05) is 43.7 Å². The van der Waals surface area contributed by atoms with Crippen LogP contribution in [-0.2, 0) is 9.13 Å². The van der Waals surface area contributed by atoms with Crippen LogP contribution in [0.1, 0.15) is 6.42 Å². The molecule has 0 aromatic heterocycles. The van der Waals surface area contributed by atoms with Gasteiger partial charge in [0.1, 0.15) is 0 Å². The first-order valence-electron chi connectivity index (χ1n) is 12.0. The summed E-state index contributed by atoms with van der Waals surface area (Å²) in [6.45, 7) is 0. The van der Waals surface area contributed by atoms with E-state index in [1.807, 2.05) is 121 Å². The average Bonchev–Trinajstić information content (AvgIpc) is 3.56. The molecule has 0 saturated carbocycles. The van der Waals surface area contributed by atoms with E-state index in [1.165, 1.54) is 0 Å². The van der Waals surface area contributed by atoms with Gasteiger partial charge in [0.15, 0.2) is 14.3 Å². The normalized spacial score (nSPS) is 19.3. The number of benzene rings is 4. The molecule has 2 nitrogen and oxygen atoms in total. The molecular formula is C31H26O2P2. The monoisotopic (exact) mass is 492 g/mol. The van der Waals surface area contributed by atoms with Crippen LogP contribution in [0.4, 0.5) is 0 Å². The second-order valence-corrected chi connectivity index (χ2v) is 14.7. The Bertz CT molecular complexity index is 1300. The quantitative estimate of drug-likeness (QED) is 0.291. The molecule has 2 aliphatic rings. The van der Waals surface area contributed by atoms with Crippen LogP contribution in [-0.4, -0.2) is 0 Å². The van der Waals surface area contributed by atoms with E-state index < -0.39 is 14.3 Å². The molecule has 6 rings (SSSR count). The van der Waals surface area contributed by atoms with Crippen molar-refractivity contribution in [2.24, 2.45) is 11.8 Å². The van der Waals surface area contributed by atoms with Crippen LogP contribution in [0.15, 0.2) is 144 Å². The minimum atomic E-state index is -3.01. The standard InChI is InChI=1S/C31H26O2P2/c32-34(26-13-5-1-6-14-26,27-15-7-2-8-16-27)30-22-25-21-24(30)23-31(25)35(33,28-17-9-3-10-18-28)29-19-11-4-12-20-29/h1-20,22-25H,21H2/t24-,25-/m1/s1. The van der Waals surface area contributed by atoms with Crippen LogP contribution in [0.3, 0.4) is 0 Å². The van der Waals surface area contributed by atoms with Crippen molar-refractivity contribution in [2.75, 3.05) is 0 Å². The molecule has 2 atom stereocenters. The number of rotatable bonds is 6. The topological polar surface area (TPSA) is 34.1 Å². The third kappa shape index (κ3) is 3.56. The van der Waals surface area contributed by atoms with Gasteiger partial charge in [-0.05, 0) is 6.42 Å². The van der Waals surface area contributed by atoms with Crippen LogP contribution >= 0.6 is 14.3 Å². The summed E-state index contributed by atoms with van der Waals surface area (Å²) < 4.78 is 29.9. The van der Waals surface area contributed by atoms with Crippen LogP contribution in [0.2, 0.25) is 0 Å². The van der Waals surface area contributed by atoms with Crippen LogP contribution < -0.4 is 21.2 Å². The lowest BCUT2D eigenvalue weighted by Crippen LogP contribution is -2.21. The van der Waals surface area contributed by atoms with Crippen LogP contribution in [0.5, 0.6) is 0 Å². The minimum Gasteiger partial charge on any atom is -0.309 e. The van der Waals surface area contributed by atoms with Gasteiger partial charge in [-0.2, -0.15) is 0 Å². The van der Waals surface area contributed by atoms with E-state index in [0.717, 1.165) is 38.3 Å². The maximum Gasteiger partial charge on any atom is 0.167 e. The van der Waals surface area contributed by atoms with Gasteiger partial charge in [-0.3, -0.25) is 0 Å². The Kier molecular flexibility index (Phi) is 5.60. The molecule has 4 aromatic rings. The van der Waals surface area contributed by atoms with Gasteiger partial charge >= 0.3 is 0 Å². The number of fused-ring (bicyclic) bond motifs is 2. The Morgan fingerprint density at radius 2 is 0.686 bits per heavy atom. The van der Waals surface area contributed by atoms with E-state index in [9.17, 15) is 9.13 Å². The molecule has 0 saturated heterocycles. The van der Waals surface area contributed by atoms with Gasteiger partial charge in [0.2, 0.25) is 0 Å². The highest BCUT2D eigenvalue weighted by atomic mass is 31.2. The maximum absolute atomic E-state index is 14.9. The van der Waals surface area contributed by atoms with E-state index in [0.29, 0.717) is 0 Å². The average molecular weight is 492 g/mol. The first kappa shape index (κ1) is 22.3. The summed E-state index contributed by atoms with van der Waals surface area (Å²) in [6.07, 6.45) is 5.19. The van der Waals surface area contributed by atoms with E-state index in [1.54, 1.807) is 0 Å². The third-order valence-electron chi connectivity index (χ3n) is 7.22.